The van der Waals surface area contributed by atoms with Crippen LogP contribution in [-0.4, -0.2) is 91.3 Å². The molecular formula is C26H24ClF2N12O3+. The number of quaternary nitrogens is 1. The maximum atomic E-state index is 13.9. The molecule has 1 aliphatic rings. The minimum Gasteiger partial charge on any atom is -1.00 e. The van der Waals surface area contributed by atoms with Gasteiger partial charge in [-0.05, 0) is 13.0 Å². The number of ketones is 1. The summed E-state index contributed by atoms with van der Waals surface area (Å²) in [6.07, 6.45) is 17.3. The highest BCUT2D eigenvalue weighted by Crippen LogP contribution is 2.25. The van der Waals surface area contributed by atoms with Crippen LogP contribution in [0.2, 0.25) is 0 Å². The highest BCUT2D eigenvalue weighted by molar-refractivity contribution is 6.42. The number of nitrogens with zero attached hydrogens (tertiary/aromatic N) is 9. The third-order valence-corrected chi connectivity index (χ3v) is 6.15. The molecule has 0 saturated carbocycles. The van der Waals surface area contributed by atoms with E-state index in [2.05, 4.69) is 77.8 Å². The van der Waals surface area contributed by atoms with Crippen LogP contribution in [0.3, 0.4) is 0 Å². The highest BCUT2D eigenvalue weighted by atomic mass is 35.5. The Bertz CT molecular complexity index is 1970. The lowest BCUT2D eigenvalue weighted by Crippen LogP contribution is -3.02. The number of hydrogen-bond donors (Lipinski definition) is 4. The first-order chi connectivity index (χ1) is 20.8. The van der Waals surface area contributed by atoms with Crippen LogP contribution >= 0.6 is 0 Å². The van der Waals surface area contributed by atoms with Crippen molar-refractivity contribution in [2.24, 2.45) is 0 Å². The number of aromatic nitrogens is 10. The quantitative estimate of drug-likeness (QED) is 0.0947. The Balaban J connectivity index is 0.000000162. The predicted octanol–water partition coefficient (Wildman–Crippen LogP) is -2.12. The molecule has 0 saturated heterocycles. The summed E-state index contributed by atoms with van der Waals surface area (Å²) in [5.74, 6) is -3.27. The molecule has 7 heterocycles. The van der Waals surface area contributed by atoms with Crippen LogP contribution in [0.4, 0.5) is 8.78 Å². The van der Waals surface area contributed by atoms with E-state index in [0.717, 1.165) is 18.9 Å². The lowest BCUT2D eigenvalue weighted by atomic mass is 10.1. The van der Waals surface area contributed by atoms with Gasteiger partial charge in [-0.2, -0.15) is 4.58 Å². The largest absolute Gasteiger partial charge is 1.00 e. The van der Waals surface area contributed by atoms with E-state index in [1.54, 1.807) is 24.7 Å². The Hall–Kier alpha value is -5.68. The first-order valence-electron chi connectivity index (χ1n) is 12.7. The van der Waals surface area contributed by atoms with Crippen molar-refractivity contribution < 1.29 is 45.4 Å². The van der Waals surface area contributed by atoms with Crippen molar-refractivity contribution in [2.75, 3.05) is 13.6 Å². The number of rotatable bonds is 5. The Labute approximate surface area is 252 Å². The molecule has 6 aromatic rings. The van der Waals surface area contributed by atoms with E-state index < -0.39 is 17.6 Å². The van der Waals surface area contributed by atoms with Crippen LogP contribution in [-0.2, 0) is 4.79 Å². The molecule has 0 amide bonds. The minimum absolute atomic E-state index is 0. The second-order valence-corrected chi connectivity index (χ2v) is 8.93. The lowest BCUT2D eigenvalue weighted by Gasteiger charge is -2.02. The van der Waals surface area contributed by atoms with Crippen molar-refractivity contribution in [3.05, 3.63) is 85.2 Å². The zero-order valence-corrected chi connectivity index (χ0v) is 23.8. The summed E-state index contributed by atoms with van der Waals surface area (Å²) in [6.45, 7) is 3.22. The average Bonchev–Trinajstić information content (AvgIpc) is 3.84. The smallest absolute Gasteiger partial charge is 0.377 e. The normalized spacial score (nSPS) is 13.5. The van der Waals surface area contributed by atoms with Crippen molar-refractivity contribution >= 4 is 39.9 Å². The standard InChI is InChI=1S/C11H6FN5O3.C9H6FN5.C6H11N2.ClH/c12-6-4-14-10(17-2-1-15-16-17)8-7(6)5(3-13-8)9(18)11(19)20;10-7-5-12-9(15-4-3-13-14-15)8-6(7)1-2-11-8;1-3-8-5-4-7(2)6-8;/h1-4,13H,(H,19,20);1-5,11H;4-6H,3H2,1-2H3;1H/q;;+1;. The number of fused-ring (bicyclic) bond motifs is 2. The number of hydrogen-bond acceptors (Lipinski definition) is 8. The SMILES string of the molecule is CC[N+]1=C[NH+](C)C=C1.Fc1cnc(-n2ccnn2)c2[nH]ccc12.O=C(O)C(=O)c1c[nH]c2c(-n3ccnn3)ncc(F)c12.[Cl-]. The van der Waals surface area contributed by atoms with Gasteiger partial charge < -0.3 is 27.5 Å². The van der Waals surface area contributed by atoms with Gasteiger partial charge in [-0.3, -0.25) is 4.79 Å². The van der Waals surface area contributed by atoms with Gasteiger partial charge in [0, 0.05) is 17.8 Å². The summed E-state index contributed by atoms with van der Waals surface area (Å²) in [6, 6.07) is 1.66. The molecule has 0 fully saturated rings. The Kier molecular flexibility index (Phi) is 9.61. The van der Waals surface area contributed by atoms with Crippen LogP contribution < -0.4 is 17.3 Å². The zero-order valence-electron chi connectivity index (χ0n) is 23.1. The number of Topliss-reactive ketones (excluding diaryl/α,β-unsaturated/α-hetero) is 1. The van der Waals surface area contributed by atoms with E-state index in [9.17, 15) is 18.4 Å². The first kappa shape index (κ1) is 31.3. The van der Waals surface area contributed by atoms with Gasteiger partial charge in [0.05, 0.1) is 66.2 Å². The number of H-pyrrole nitrogens is 2. The molecule has 15 nitrogen and oxygen atoms in total. The molecule has 1 aliphatic heterocycles. The number of carboxylic acids is 1. The summed E-state index contributed by atoms with van der Waals surface area (Å²) in [5, 5.41) is 23.9. The zero-order chi connectivity index (χ0) is 30.5. The third-order valence-electron chi connectivity index (χ3n) is 6.15. The van der Waals surface area contributed by atoms with E-state index in [4.69, 9.17) is 5.11 Å². The number of aromatic amines is 2. The summed E-state index contributed by atoms with van der Waals surface area (Å²) in [4.78, 5) is 37.0. The molecule has 0 radical (unpaired) electrons. The maximum absolute atomic E-state index is 13.9. The molecule has 0 aromatic carbocycles. The average molecular weight is 626 g/mol. The number of carbonyl (C=O) groups excluding carboxylic acids is 1. The second kappa shape index (κ2) is 13.5. The van der Waals surface area contributed by atoms with E-state index >= 15 is 0 Å². The summed E-state index contributed by atoms with van der Waals surface area (Å²) in [5.41, 5.74) is 0.509. The summed E-state index contributed by atoms with van der Waals surface area (Å²) in [7, 11) is 2.10. The first-order valence-corrected chi connectivity index (χ1v) is 12.7. The molecule has 226 valence electrons. The van der Waals surface area contributed by atoms with E-state index in [-0.39, 0.29) is 40.5 Å². The van der Waals surface area contributed by atoms with Gasteiger partial charge in [-0.1, -0.05) is 10.4 Å². The highest BCUT2D eigenvalue weighted by Gasteiger charge is 2.23. The Morgan fingerprint density at radius 2 is 1.64 bits per heavy atom. The maximum Gasteiger partial charge on any atom is 0.377 e. The van der Waals surface area contributed by atoms with E-state index in [1.165, 1.54) is 32.9 Å². The van der Waals surface area contributed by atoms with Gasteiger partial charge in [0.1, 0.15) is 0 Å². The van der Waals surface area contributed by atoms with Crippen LogP contribution in [0.5, 0.6) is 0 Å². The Morgan fingerprint density at radius 3 is 2.16 bits per heavy atom. The van der Waals surface area contributed by atoms with E-state index in [0.29, 0.717) is 16.7 Å². The lowest BCUT2D eigenvalue weighted by molar-refractivity contribution is -0.724. The van der Waals surface area contributed by atoms with Gasteiger partial charge in [0.25, 0.3) is 5.78 Å². The van der Waals surface area contributed by atoms with Crippen LogP contribution in [0.1, 0.15) is 17.3 Å². The number of aliphatic carboxylic acids is 1. The molecule has 7 rings (SSSR count). The molecular weight excluding hydrogens is 602 g/mol. The Morgan fingerprint density at radius 1 is 1.00 bits per heavy atom. The molecule has 0 spiro atoms. The van der Waals surface area contributed by atoms with Crippen molar-refractivity contribution in [3.63, 3.8) is 0 Å². The second-order valence-electron chi connectivity index (χ2n) is 8.93. The molecule has 44 heavy (non-hydrogen) atoms. The van der Waals surface area contributed by atoms with Gasteiger partial charge >= 0.3 is 12.3 Å². The predicted molar refractivity (Wildman–Crippen MR) is 147 cm³/mol. The fourth-order valence-electron chi connectivity index (χ4n) is 4.14. The number of carbonyl (C=O) groups is 2. The minimum atomic E-state index is -1.66. The molecule has 18 heteroatoms. The fraction of sp³-hybridized carbons (Fsp3) is 0.115. The summed E-state index contributed by atoms with van der Waals surface area (Å²) < 4.78 is 32.1. The van der Waals surface area contributed by atoms with Crippen LogP contribution in [0, 0.1) is 11.6 Å². The van der Waals surface area contributed by atoms with Gasteiger partial charge in [0.2, 0.25) is 6.20 Å². The number of nitrogens with one attached hydrogen (secondary N) is 3. The van der Waals surface area contributed by atoms with Crippen molar-refractivity contribution in [1.29, 1.82) is 0 Å². The molecule has 1 atom stereocenters. The van der Waals surface area contributed by atoms with Gasteiger partial charge in [-0.25, -0.2) is 37.8 Å². The van der Waals surface area contributed by atoms with Crippen molar-refractivity contribution in [1.82, 2.24) is 49.9 Å². The van der Waals surface area contributed by atoms with Crippen molar-refractivity contribution in [3.8, 4) is 11.6 Å². The molecule has 0 bridgehead atoms. The topological polar surface area (TPSA) is 181 Å². The monoisotopic (exact) mass is 625 g/mol. The molecule has 6 aromatic heterocycles. The molecule has 4 N–H and O–H groups in total. The van der Waals surface area contributed by atoms with Crippen LogP contribution in [0.25, 0.3) is 33.4 Å². The van der Waals surface area contributed by atoms with Gasteiger partial charge in [-0.15, -0.1) is 10.2 Å². The van der Waals surface area contributed by atoms with Crippen molar-refractivity contribution in [2.45, 2.75) is 6.92 Å². The van der Waals surface area contributed by atoms with Gasteiger partial charge in [0.15, 0.2) is 36.0 Å². The molecule has 0 aliphatic carbocycles. The molecule has 1 unspecified atom stereocenters. The van der Waals surface area contributed by atoms with Crippen LogP contribution in [0.15, 0.2) is 68.0 Å². The number of carboxylic acid groups (broad SMARTS) is 1. The summed E-state index contributed by atoms with van der Waals surface area (Å²) >= 11 is 0. The fourth-order valence-corrected chi connectivity index (χ4v) is 4.14. The van der Waals surface area contributed by atoms with E-state index in [1.807, 2.05) is 0 Å². The third kappa shape index (κ3) is 6.37. The number of pyridine rings is 2. The number of halogens is 3.